The van der Waals surface area contributed by atoms with Gasteiger partial charge in [-0.05, 0) is 26.7 Å². The van der Waals surface area contributed by atoms with Crippen molar-refractivity contribution < 1.29 is 4.52 Å². The lowest BCUT2D eigenvalue weighted by molar-refractivity contribution is 0.389. The van der Waals surface area contributed by atoms with Gasteiger partial charge in [-0.15, -0.1) is 0 Å². The van der Waals surface area contributed by atoms with E-state index in [1.807, 2.05) is 6.92 Å². The third kappa shape index (κ3) is 2.10. The summed E-state index contributed by atoms with van der Waals surface area (Å²) in [5.41, 5.74) is 2.37. The second-order valence-corrected chi connectivity index (χ2v) is 3.27. The van der Waals surface area contributed by atoms with Gasteiger partial charge in [-0.3, -0.25) is 0 Å². The molecule has 0 saturated carbocycles. The minimum absolute atomic E-state index is 0.960. The van der Waals surface area contributed by atoms with Crippen molar-refractivity contribution in [2.45, 2.75) is 46.5 Å². The topological polar surface area (TPSA) is 26.0 Å². The molecule has 0 amide bonds. The largest absolute Gasteiger partial charge is 0.361 e. The highest BCUT2D eigenvalue weighted by molar-refractivity contribution is 5.19. The highest BCUT2D eigenvalue weighted by Crippen LogP contribution is 2.13. The molecule has 0 radical (unpaired) electrons. The first-order chi connectivity index (χ1) is 5.75. The van der Waals surface area contributed by atoms with Crippen LogP contribution in [0.4, 0.5) is 0 Å². The second kappa shape index (κ2) is 4.29. The molecular formula is C10H17NO. The molecule has 1 rings (SSSR count). The van der Waals surface area contributed by atoms with Gasteiger partial charge in [-0.25, -0.2) is 0 Å². The van der Waals surface area contributed by atoms with Gasteiger partial charge >= 0.3 is 0 Å². The molecule has 1 aromatic rings. The van der Waals surface area contributed by atoms with Crippen molar-refractivity contribution in [2.75, 3.05) is 0 Å². The van der Waals surface area contributed by atoms with Gasteiger partial charge in [0.1, 0.15) is 5.76 Å². The molecule has 68 valence electrons. The molecule has 1 aromatic heterocycles. The van der Waals surface area contributed by atoms with E-state index in [1.54, 1.807) is 0 Å². The molecule has 12 heavy (non-hydrogen) atoms. The Bertz CT molecular complexity index is 240. The fourth-order valence-electron chi connectivity index (χ4n) is 1.24. The maximum Gasteiger partial charge on any atom is 0.136 e. The number of aryl methyl sites for hydroxylation is 2. The fraction of sp³-hybridized carbons (Fsp3) is 0.700. The summed E-state index contributed by atoms with van der Waals surface area (Å²) in [4.78, 5) is 0. The molecule has 0 aliphatic heterocycles. The molecule has 0 bridgehead atoms. The first kappa shape index (κ1) is 9.30. The van der Waals surface area contributed by atoms with Crippen LogP contribution >= 0.6 is 0 Å². The molecule has 0 saturated heterocycles. The van der Waals surface area contributed by atoms with Crippen LogP contribution in [0.5, 0.6) is 0 Å². The van der Waals surface area contributed by atoms with Gasteiger partial charge in [0.15, 0.2) is 0 Å². The minimum atomic E-state index is 0.960. The maximum atomic E-state index is 5.08. The highest BCUT2D eigenvalue weighted by atomic mass is 16.5. The first-order valence-electron chi connectivity index (χ1n) is 4.67. The minimum Gasteiger partial charge on any atom is -0.361 e. The average Bonchev–Trinajstić information content (AvgIpc) is 2.36. The Hall–Kier alpha value is -0.790. The number of unbranched alkanes of at least 4 members (excludes halogenated alkanes) is 2. The first-order valence-corrected chi connectivity index (χ1v) is 4.67. The normalized spacial score (nSPS) is 10.6. The lowest BCUT2D eigenvalue weighted by Gasteiger charge is -1.95. The standard InChI is InChI=1S/C10H17NO/c1-4-5-6-7-10-8(2)9(3)12-11-10/h4-7H2,1-3H3. The molecule has 0 aromatic carbocycles. The van der Waals surface area contributed by atoms with Crippen LogP contribution in [0.2, 0.25) is 0 Å². The zero-order valence-corrected chi connectivity index (χ0v) is 8.18. The zero-order chi connectivity index (χ0) is 8.97. The number of aromatic nitrogens is 1. The van der Waals surface area contributed by atoms with Crippen molar-refractivity contribution in [3.8, 4) is 0 Å². The van der Waals surface area contributed by atoms with Gasteiger partial charge < -0.3 is 4.52 Å². The Morgan fingerprint density at radius 2 is 2.00 bits per heavy atom. The summed E-state index contributed by atoms with van der Waals surface area (Å²) in [6.45, 7) is 6.25. The van der Waals surface area contributed by atoms with Gasteiger partial charge in [-0.2, -0.15) is 0 Å². The zero-order valence-electron chi connectivity index (χ0n) is 8.18. The number of hydrogen-bond donors (Lipinski definition) is 0. The van der Waals surface area contributed by atoms with Crippen molar-refractivity contribution in [2.24, 2.45) is 0 Å². The van der Waals surface area contributed by atoms with Crippen LogP contribution in [0.15, 0.2) is 4.52 Å². The van der Waals surface area contributed by atoms with Crippen LogP contribution in [-0.4, -0.2) is 5.16 Å². The average molecular weight is 167 g/mol. The summed E-state index contributed by atoms with van der Waals surface area (Å²) in [7, 11) is 0. The summed E-state index contributed by atoms with van der Waals surface area (Å²) in [5.74, 6) is 0.960. The van der Waals surface area contributed by atoms with Gasteiger partial charge in [0, 0.05) is 5.56 Å². The summed E-state index contributed by atoms with van der Waals surface area (Å²) in [5, 5.41) is 4.01. The van der Waals surface area contributed by atoms with E-state index < -0.39 is 0 Å². The van der Waals surface area contributed by atoms with Crippen LogP contribution < -0.4 is 0 Å². The molecular weight excluding hydrogens is 150 g/mol. The number of nitrogens with zero attached hydrogens (tertiary/aromatic N) is 1. The van der Waals surface area contributed by atoms with E-state index in [1.165, 1.54) is 24.8 Å². The van der Waals surface area contributed by atoms with Crippen LogP contribution in [0, 0.1) is 13.8 Å². The third-order valence-electron chi connectivity index (χ3n) is 2.27. The van der Waals surface area contributed by atoms with Crippen molar-refractivity contribution in [1.82, 2.24) is 5.16 Å². The van der Waals surface area contributed by atoms with E-state index in [0.717, 1.165) is 17.9 Å². The Balaban J connectivity index is 2.46. The third-order valence-corrected chi connectivity index (χ3v) is 2.27. The summed E-state index contributed by atoms with van der Waals surface area (Å²) >= 11 is 0. The Kier molecular flexibility index (Phi) is 3.32. The molecule has 1 heterocycles. The second-order valence-electron chi connectivity index (χ2n) is 3.27. The van der Waals surface area contributed by atoms with E-state index >= 15 is 0 Å². The highest BCUT2D eigenvalue weighted by Gasteiger charge is 2.06. The van der Waals surface area contributed by atoms with Crippen molar-refractivity contribution in [3.63, 3.8) is 0 Å². The van der Waals surface area contributed by atoms with E-state index in [2.05, 4.69) is 19.0 Å². The molecule has 0 spiro atoms. The smallest absolute Gasteiger partial charge is 0.136 e. The molecule has 0 fully saturated rings. The monoisotopic (exact) mass is 167 g/mol. The Morgan fingerprint density at radius 3 is 2.50 bits per heavy atom. The molecule has 0 aliphatic rings. The van der Waals surface area contributed by atoms with Gasteiger partial charge in [-0.1, -0.05) is 24.9 Å². The summed E-state index contributed by atoms with van der Waals surface area (Å²) in [6.07, 6.45) is 4.83. The van der Waals surface area contributed by atoms with E-state index in [9.17, 15) is 0 Å². The van der Waals surface area contributed by atoms with Crippen LogP contribution in [0.1, 0.15) is 43.2 Å². The predicted octanol–water partition coefficient (Wildman–Crippen LogP) is 3.02. The Labute approximate surface area is 74.0 Å². The summed E-state index contributed by atoms with van der Waals surface area (Å²) in [6, 6.07) is 0. The molecule has 0 N–H and O–H groups in total. The SMILES string of the molecule is CCCCCc1noc(C)c1C. The molecule has 0 atom stereocenters. The number of hydrogen-bond acceptors (Lipinski definition) is 2. The Morgan fingerprint density at radius 1 is 1.25 bits per heavy atom. The van der Waals surface area contributed by atoms with Crippen LogP contribution in [-0.2, 0) is 6.42 Å². The lowest BCUT2D eigenvalue weighted by atomic mass is 10.1. The lowest BCUT2D eigenvalue weighted by Crippen LogP contribution is -1.88. The maximum absolute atomic E-state index is 5.08. The molecule has 2 nitrogen and oxygen atoms in total. The van der Waals surface area contributed by atoms with Crippen molar-refractivity contribution in [3.05, 3.63) is 17.0 Å². The van der Waals surface area contributed by atoms with E-state index in [-0.39, 0.29) is 0 Å². The van der Waals surface area contributed by atoms with Gasteiger partial charge in [0.2, 0.25) is 0 Å². The van der Waals surface area contributed by atoms with E-state index in [0.29, 0.717) is 0 Å². The predicted molar refractivity (Wildman–Crippen MR) is 49.2 cm³/mol. The van der Waals surface area contributed by atoms with Crippen molar-refractivity contribution in [1.29, 1.82) is 0 Å². The summed E-state index contributed by atoms with van der Waals surface area (Å²) < 4.78 is 5.08. The molecule has 0 aliphatic carbocycles. The van der Waals surface area contributed by atoms with Crippen molar-refractivity contribution >= 4 is 0 Å². The van der Waals surface area contributed by atoms with Gasteiger partial charge in [0.25, 0.3) is 0 Å². The molecule has 2 heteroatoms. The van der Waals surface area contributed by atoms with E-state index in [4.69, 9.17) is 4.52 Å². The number of rotatable bonds is 4. The quantitative estimate of drug-likeness (QED) is 0.644. The fourth-order valence-corrected chi connectivity index (χ4v) is 1.24. The van der Waals surface area contributed by atoms with Crippen LogP contribution in [0.25, 0.3) is 0 Å². The van der Waals surface area contributed by atoms with Crippen LogP contribution in [0.3, 0.4) is 0 Å². The molecule has 0 unspecified atom stereocenters. The van der Waals surface area contributed by atoms with Gasteiger partial charge in [0.05, 0.1) is 5.69 Å².